The van der Waals surface area contributed by atoms with Crippen LogP contribution in [0.1, 0.15) is 27.2 Å². The van der Waals surface area contributed by atoms with Gasteiger partial charge in [0.25, 0.3) is 0 Å². The van der Waals surface area contributed by atoms with E-state index in [1.54, 1.807) is 0 Å². The second-order valence-electron chi connectivity index (χ2n) is 3.88. The van der Waals surface area contributed by atoms with Crippen LogP contribution in [-0.4, -0.2) is 11.7 Å². The van der Waals surface area contributed by atoms with Crippen molar-refractivity contribution in [3.63, 3.8) is 0 Å². The molecule has 0 bridgehead atoms. The van der Waals surface area contributed by atoms with Crippen molar-refractivity contribution in [1.82, 2.24) is 0 Å². The zero-order valence-electron chi connectivity index (χ0n) is 8.17. The van der Waals surface area contributed by atoms with Gasteiger partial charge in [-0.1, -0.05) is 37.6 Å². The summed E-state index contributed by atoms with van der Waals surface area (Å²) in [5.74, 6) is 0.468. The first-order valence-electron chi connectivity index (χ1n) is 4.59. The Hall–Kier alpha value is -0.560. The van der Waals surface area contributed by atoms with Crippen molar-refractivity contribution in [2.24, 2.45) is 11.3 Å². The Bertz CT molecular complexity index is 213. The highest BCUT2D eigenvalue weighted by molar-refractivity contribution is 5.26. The molecular weight excluding hydrogens is 148 g/mol. The molecule has 1 unspecified atom stereocenters. The summed E-state index contributed by atoms with van der Waals surface area (Å²) in [6.07, 6.45) is 7.52. The normalized spacial score (nSPS) is 29.2. The summed E-state index contributed by atoms with van der Waals surface area (Å²) in [4.78, 5) is 0. The molecule has 0 fully saturated rings. The molecule has 1 N–H and O–H groups in total. The number of rotatable bonds is 2. The Morgan fingerprint density at radius 1 is 1.58 bits per heavy atom. The minimum atomic E-state index is -0.0851. The Kier molecular flexibility index (Phi) is 2.73. The molecule has 12 heavy (non-hydrogen) atoms. The Morgan fingerprint density at radius 2 is 2.25 bits per heavy atom. The Morgan fingerprint density at radius 3 is 2.58 bits per heavy atom. The van der Waals surface area contributed by atoms with Crippen molar-refractivity contribution >= 4 is 0 Å². The van der Waals surface area contributed by atoms with E-state index in [1.807, 2.05) is 0 Å². The molecule has 0 saturated heterocycles. The van der Waals surface area contributed by atoms with Crippen LogP contribution >= 0.6 is 0 Å². The fraction of sp³-hybridized carbons (Fsp3) is 0.636. The molecule has 0 amide bonds. The lowest BCUT2D eigenvalue weighted by atomic mass is 9.70. The largest absolute Gasteiger partial charge is 0.395 e. The summed E-state index contributed by atoms with van der Waals surface area (Å²) in [5.41, 5.74) is 1.22. The van der Waals surface area contributed by atoms with Gasteiger partial charge in [0.2, 0.25) is 0 Å². The molecule has 0 aromatic heterocycles. The van der Waals surface area contributed by atoms with E-state index in [1.165, 1.54) is 5.57 Å². The monoisotopic (exact) mass is 166 g/mol. The molecule has 68 valence electrons. The van der Waals surface area contributed by atoms with Crippen LogP contribution in [0.4, 0.5) is 0 Å². The van der Waals surface area contributed by atoms with Gasteiger partial charge in [0.05, 0.1) is 6.61 Å². The van der Waals surface area contributed by atoms with Gasteiger partial charge in [-0.3, -0.25) is 0 Å². The van der Waals surface area contributed by atoms with Gasteiger partial charge in [-0.05, 0) is 19.3 Å². The number of aliphatic hydroxyl groups is 1. The molecule has 0 spiro atoms. The molecule has 1 aliphatic rings. The van der Waals surface area contributed by atoms with E-state index < -0.39 is 0 Å². The molecule has 1 rings (SSSR count). The molecule has 1 nitrogen and oxygen atoms in total. The van der Waals surface area contributed by atoms with Crippen LogP contribution in [0, 0.1) is 11.3 Å². The van der Waals surface area contributed by atoms with E-state index in [9.17, 15) is 5.11 Å². The van der Waals surface area contributed by atoms with E-state index in [0.29, 0.717) is 5.92 Å². The van der Waals surface area contributed by atoms with E-state index in [-0.39, 0.29) is 12.0 Å². The van der Waals surface area contributed by atoms with Gasteiger partial charge in [-0.25, -0.2) is 0 Å². The van der Waals surface area contributed by atoms with Gasteiger partial charge in [0.1, 0.15) is 0 Å². The zero-order chi connectivity index (χ0) is 9.19. The van der Waals surface area contributed by atoms with Crippen molar-refractivity contribution in [1.29, 1.82) is 0 Å². The molecular formula is C11H18O. The molecule has 0 aromatic rings. The highest BCUT2D eigenvalue weighted by Gasteiger charge is 2.32. The topological polar surface area (TPSA) is 20.2 Å². The van der Waals surface area contributed by atoms with Crippen LogP contribution < -0.4 is 0 Å². The van der Waals surface area contributed by atoms with E-state index in [0.717, 1.165) is 6.42 Å². The molecule has 0 heterocycles. The lowest BCUT2D eigenvalue weighted by molar-refractivity contribution is 0.153. The van der Waals surface area contributed by atoms with Crippen LogP contribution in [0.5, 0.6) is 0 Å². The maximum atomic E-state index is 9.39. The first-order chi connectivity index (χ1) is 5.63. The third-order valence-electron chi connectivity index (χ3n) is 3.00. The Balaban J connectivity index is 2.98. The smallest absolute Gasteiger partial charge is 0.0561 e. The number of allylic oxidation sites excluding steroid dienone is 2. The number of hydrogen-bond acceptors (Lipinski definition) is 1. The van der Waals surface area contributed by atoms with Crippen LogP contribution in [0.25, 0.3) is 0 Å². The SMILES string of the molecule is CC1=CCC=CC1(CO)C(C)C. The summed E-state index contributed by atoms with van der Waals surface area (Å²) >= 11 is 0. The van der Waals surface area contributed by atoms with E-state index >= 15 is 0 Å². The van der Waals surface area contributed by atoms with Gasteiger partial charge in [-0.2, -0.15) is 0 Å². The highest BCUT2D eigenvalue weighted by atomic mass is 16.3. The third-order valence-corrected chi connectivity index (χ3v) is 3.00. The average Bonchev–Trinajstić information content (AvgIpc) is 2.05. The minimum Gasteiger partial charge on any atom is -0.395 e. The predicted octanol–water partition coefficient (Wildman–Crippen LogP) is 2.53. The second kappa shape index (κ2) is 3.44. The van der Waals surface area contributed by atoms with Crippen LogP contribution in [-0.2, 0) is 0 Å². The fourth-order valence-electron chi connectivity index (χ4n) is 1.85. The van der Waals surface area contributed by atoms with Gasteiger partial charge in [0.15, 0.2) is 0 Å². The minimum absolute atomic E-state index is 0.0851. The molecule has 0 aromatic carbocycles. The second-order valence-corrected chi connectivity index (χ2v) is 3.88. The predicted molar refractivity (Wildman–Crippen MR) is 51.9 cm³/mol. The molecule has 1 aliphatic carbocycles. The van der Waals surface area contributed by atoms with Gasteiger partial charge < -0.3 is 5.11 Å². The maximum absolute atomic E-state index is 9.39. The van der Waals surface area contributed by atoms with Crippen molar-refractivity contribution in [3.8, 4) is 0 Å². The van der Waals surface area contributed by atoms with Crippen LogP contribution in [0.15, 0.2) is 23.8 Å². The van der Waals surface area contributed by atoms with Crippen molar-refractivity contribution in [2.45, 2.75) is 27.2 Å². The summed E-state index contributed by atoms with van der Waals surface area (Å²) in [6, 6.07) is 0. The number of aliphatic hydroxyl groups excluding tert-OH is 1. The molecule has 0 aliphatic heterocycles. The highest BCUT2D eigenvalue weighted by Crippen LogP contribution is 2.39. The van der Waals surface area contributed by atoms with E-state index in [4.69, 9.17) is 0 Å². The standard InChI is InChI=1S/C11H18O/c1-9(2)11(8-12)7-5-4-6-10(11)3/h5-7,9,12H,4,8H2,1-3H3. The van der Waals surface area contributed by atoms with Crippen LogP contribution in [0.2, 0.25) is 0 Å². The Labute approximate surface area is 74.8 Å². The summed E-state index contributed by atoms with van der Waals surface area (Å²) < 4.78 is 0. The fourth-order valence-corrected chi connectivity index (χ4v) is 1.85. The lowest BCUT2D eigenvalue weighted by Gasteiger charge is -2.36. The van der Waals surface area contributed by atoms with Gasteiger partial charge >= 0.3 is 0 Å². The molecule has 0 saturated carbocycles. The third kappa shape index (κ3) is 1.34. The zero-order valence-corrected chi connectivity index (χ0v) is 8.17. The first kappa shape index (κ1) is 9.53. The molecule has 1 atom stereocenters. The van der Waals surface area contributed by atoms with Crippen molar-refractivity contribution in [2.75, 3.05) is 6.61 Å². The van der Waals surface area contributed by atoms with Crippen molar-refractivity contribution in [3.05, 3.63) is 23.8 Å². The number of hydrogen-bond donors (Lipinski definition) is 1. The summed E-state index contributed by atoms with van der Waals surface area (Å²) in [5, 5.41) is 9.39. The summed E-state index contributed by atoms with van der Waals surface area (Å²) in [7, 11) is 0. The van der Waals surface area contributed by atoms with E-state index in [2.05, 4.69) is 39.0 Å². The first-order valence-corrected chi connectivity index (χ1v) is 4.59. The molecule has 0 radical (unpaired) electrons. The quantitative estimate of drug-likeness (QED) is 0.625. The lowest BCUT2D eigenvalue weighted by Crippen LogP contribution is -2.31. The molecule has 1 heteroatoms. The average molecular weight is 166 g/mol. The van der Waals surface area contributed by atoms with Crippen molar-refractivity contribution < 1.29 is 5.11 Å². The summed E-state index contributed by atoms with van der Waals surface area (Å²) in [6.45, 7) is 6.65. The van der Waals surface area contributed by atoms with Gasteiger partial charge in [-0.15, -0.1) is 0 Å². The van der Waals surface area contributed by atoms with Crippen LogP contribution in [0.3, 0.4) is 0 Å². The maximum Gasteiger partial charge on any atom is 0.0561 e. The van der Waals surface area contributed by atoms with Gasteiger partial charge in [0, 0.05) is 5.41 Å².